The average molecular weight is 659 g/mol. The van der Waals surface area contributed by atoms with Crippen LogP contribution in [-0.2, 0) is 39.8 Å². The molecule has 0 amide bonds. The zero-order valence-electron chi connectivity index (χ0n) is 28.9. The molecule has 0 radical (unpaired) electrons. The van der Waals surface area contributed by atoms with Crippen LogP contribution in [0.25, 0.3) is 0 Å². The Morgan fingerprint density at radius 1 is 0.366 bits per heavy atom. The normalized spacial score (nSPS) is 17.0. The third-order valence-electron chi connectivity index (χ3n) is 7.87. The van der Waals surface area contributed by atoms with Gasteiger partial charge in [-0.15, -0.1) is 0 Å². The second-order valence-electron chi connectivity index (χ2n) is 9.96. The highest BCUT2D eigenvalue weighted by Gasteiger charge is 2.71. The van der Waals surface area contributed by atoms with Gasteiger partial charge in [0.15, 0.2) is 0 Å². The fourth-order valence-electron chi connectivity index (χ4n) is 7.03. The van der Waals surface area contributed by atoms with Gasteiger partial charge in [0.2, 0.25) is 0 Å². The van der Waals surface area contributed by atoms with Crippen LogP contribution < -0.4 is 0 Å². The summed E-state index contributed by atoms with van der Waals surface area (Å²) >= 11 is 0. The molecule has 248 valence electrons. The minimum absolute atomic E-state index is 0.0714. The molecule has 0 aromatic rings. The predicted molar refractivity (Wildman–Crippen MR) is 177 cm³/mol. The lowest BCUT2D eigenvalue weighted by Crippen LogP contribution is -2.64. The van der Waals surface area contributed by atoms with Gasteiger partial charge in [-0.25, -0.2) is 0 Å². The topological polar surface area (TPSA) is 83.1 Å². The standard InChI is InChI=1S/C28H66O9Si4/c1-13-25(39(29-16-4,30-17-5)31-18-6)28(38,26(14-2)40(32-19-7,33-20-8)34-21-9)27(15-3)41(35-22-10,36-23-11)37-24-12/h25-27H,13-24H2,1-12,38H3. The fraction of sp³-hybridized carbons (Fsp3) is 1.00. The van der Waals surface area contributed by atoms with Gasteiger partial charge in [-0.1, -0.05) is 20.8 Å². The lowest BCUT2D eigenvalue weighted by Gasteiger charge is -2.57. The van der Waals surface area contributed by atoms with Crippen molar-refractivity contribution in [2.24, 2.45) is 0 Å². The van der Waals surface area contributed by atoms with E-state index < -0.39 is 31.5 Å². The molecule has 0 bridgehead atoms. The van der Waals surface area contributed by atoms with Crippen LogP contribution in [0.5, 0.6) is 0 Å². The summed E-state index contributed by atoms with van der Waals surface area (Å²) < 4.78 is 60.2. The summed E-state index contributed by atoms with van der Waals surface area (Å²) in [7, 11) is -9.07. The predicted octanol–water partition coefficient (Wildman–Crippen LogP) is 6.00. The van der Waals surface area contributed by atoms with E-state index in [2.05, 4.69) is 20.8 Å². The Bertz CT molecular complexity index is 527. The van der Waals surface area contributed by atoms with Gasteiger partial charge in [0.1, 0.15) is 0 Å². The summed E-state index contributed by atoms with van der Waals surface area (Å²) in [4.78, 5) is 0. The first-order valence-corrected chi connectivity index (χ1v) is 22.8. The maximum Gasteiger partial charge on any atom is 0.504 e. The van der Waals surface area contributed by atoms with Gasteiger partial charge in [0.25, 0.3) is 0 Å². The van der Waals surface area contributed by atoms with Crippen LogP contribution in [0.3, 0.4) is 0 Å². The zero-order chi connectivity index (χ0) is 31.6. The second-order valence-corrected chi connectivity index (χ2v) is 20.0. The molecular weight excluding hydrogens is 593 g/mol. The van der Waals surface area contributed by atoms with Gasteiger partial charge in [-0.2, -0.15) is 0 Å². The first-order valence-electron chi connectivity index (χ1n) is 16.4. The third-order valence-corrected chi connectivity index (χ3v) is 23.6. The highest BCUT2D eigenvalue weighted by molar-refractivity contribution is 6.70. The van der Waals surface area contributed by atoms with Crippen molar-refractivity contribution in [3.05, 3.63) is 0 Å². The van der Waals surface area contributed by atoms with Gasteiger partial charge in [0, 0.05) is 86.3 Å². The van der Waals surface area contributed by atoms with E-state index in [1.807, 2.05) is 62.3 Å². The third kappa shape index (κ3) is 9.75. The summed E-state index contributed by atoms with van der Waals surface area (Å²) in [5.41, 5.74) is -0.214. The number of rotatable bonds is 27. The van der Waals surface area contributed by atoms with Crippen LogP contribution >= 0.6 is 0 Å². The Morgan fingerprint density at radius 2 is 0.512 bits per heavy atom. The SMILES string of the molecule is CCO[Si](OCC)(OCC)C(CC)C([SiH3])(C(CC)[Si](OCC)(OCC)OCC)C(CC)[Si](OCC)(OCC)OCC. The molecule has 0 aliphatic heterocycles. The van der Waals surface area contributed by atoms with Crippen molar-refractivity contribution in [3.8, 4) is 0 Å². The first-order chi connectivity index (χ1) is 19.6. The minimum Gasteiger partial charge on any atom is -0.374 e. The zero-order valence-corrected chi connectivity index (χ0v) is 33.9. The molecule has 13 heteroatoms. The van der Waals surface area contributed by atoms with E-state index in [0.29, 0.717) is 59.5 Å². The summed E-state index contributed by atoms with van der Waals surface area (Å²) in [5, 5.41) is -0.443. The summed E-state index contributed by atoms with van der Waals surface area (Å²) in [6, 6.07) is 0. The Labute approximate surface area is 259 Å². The lowest BCUT2D eigenvalue weighted by atomic mass is 9.89. The van der Waals surface area contributed by atoms with Gasteiger partial charge >= 0.3 is 26.4 Å². The van der Waals surface area contributed by atoms with Crippen molar-refractivity contribution in [2.75, 3.05) is 59.5 Å². The molecule has 0 aliphatic rings. The Kier molecular flexibility index (Phi) is 21.5. The molecule has 0 heterocycles. The number of hydrogen-bond acceptors (Lipinski definition) is 9. The van der Waals surface area contributed by atoms with Crippen LogP contribution in [0.2, 0.25) is 21.7 Å². The van der Waals surface area contributed by atoms with Crippen LogP contribution in [0, 0.1) is 0 Å². The monoisotopic (exact) mass is 658 g/mol. The molecule has 0 N–H and O–H groups in total. The molecule has 3 atom stereocenters. The van der Waals surface area contributed by atoms with Crippen molar-refractivity contribution >= 4 is 36.7 Å². The van der Waals surface area contributed by atoms with Crippen molar-refractivity contribution in [2.45, 2.75) is 124 Å². The van der Waals surface area contributed by atoms with Gasteiger partial charge in [-0.3, -0.25) is 0 Å². The first kappa shape index (κ1) is 41.5. The molecule has 0 aromatic heterocycles. The van der Waals surface area contributed by atoms with Crippen molar-refractivity contribution in [3.63, 3.8) is 0 Å². The van der Waals surface area contributed by atoms with Crippen LogP contribution in [0.4, 0.5) is 0 Å². The minimum atomic E-state index is -3.27. The highest BCUT2D eigenvalue weighted by Crippen LogP contribution is 2.68. The summed E-state index contributed by atoms with van der Waals surface area (Å²) in [5.74, 6) is 0. The summed E-state index contributed by atoms with van der Waals surface area (Å²) in [6.07, 6.45) is 2.39. The van der Waals surface area contributed by atoms with E-state index in [9.17, 15) is 0 Å². The fourth-order valence-corrected chi connectivity index (χ4v) is 23.1. The van der Waals surface area contributed by atoms with E-state index in [1.54, 1.807) is 0 Å². The second kappa shape index (κ2) is 21.3. The lowest BCUT2D eigenvalue weighted by molar-refractivity contribution is 0.0237. The van der Waals surface area contributed by atoms with Crippen molar-refractivity contribution in [1.29, 1.82) is 0 Å². The quantitative estimate of drug-likeness (QED) is 0.0988. The van der Waals surface area contributed by atoms with Gasteiger partial charge in [-0.05, 0) is 86.6 Å². The van der Waals surface area contributed by atoms with Crippen molar-refractivity contribution in [1.82, 2.24) is 0 Å². The molecule has 0 fully saturated rings. The van der Waals surface area contributed by atoms with E-state index in [0.717, 1.165) is 29.5 Å². The Hall–Kier alpha value is 0.508. The van der Waals surface area contributed by atoms with E-state index >= 15 is 0 Å². The molecule has 0 spiro atoms. The largest absolute Gasteiger partial charge is 0.504 e. The molecule has 0 rings (SSSR count). The van der Waals surface area contributed by atoms with Crippen LogP contribution in [-0.4, -0.2) is 96.1 Å². The van der Waals surface area contributed by atoms with Gasteiger partial charge in [0.05, 0.1) is 0 Å². The molecule has 41 heavy (non-hydrogen) atoms. The average Bonchev–Trinajstić information content (AvgIpc) is 2.91. The van der Waals surface area contributed by atoms with E-state index in [-0.39, 0.29) is 16.6 Å². The van der Waals surface area contributed by atoms with E-state index in [1.165, 1.54) is 0 Å². The van der Waals surface area contributed by atoms with Gasteiger partial charge < -0.3 is 39.8 Å². The summed E-state index contributed by atoms with van der Waals surface area (Å²) in [6.45, 7) is 29.4. The van der Waals surface area contributed by atoms with Crippen LogP contribution in [0.1, 0.15) is 102 Å². The molecule has 9 nitrogen and oxygen atoms in total. The molecular formula is C28H66O9Si4. The molecule has 0 aliphatic carbocycles. The Morgan fingerprint density at radius 3 is 0.610 bits per heavy atom. The Balaban J connectivity index is 8.14. The van der Waals surface area contributed by atoms with Crippen LogP contribution in [0.15, 0.2) is 0 Å². The highest BCUT2D eigenvalue weighted by atomic mass is 28.4. The maximum absolute atomic E-state index is 6.69. The molecule has 0 aromatic carbocycles. The molecule has 3 unspecified atom stereocenters. The maximum atomic E-state index is 6.69. The van der Waals surface area contributed by atoms with E-state index in [4.69, 9.17) is 39.8 Å². The molecule has 0 saturated heterocycles. The molecule has 0 saturated carbocycles. The smallest absolute Gasteiger partial charge is 0.374 e. The van der Waals surface area contributed by atoms with Crippen molar-refractivity contribution < 1.29 is 39.8 Å². The number of hydrogen-bond donors (Lipinski definition) is 0.